The molecule has 1 fully saturated rings. The Kier molecular flexibility index (Phi) is 4.40. The molecule has 94 valence electrons. The molecule has 0 bridgehead atoms. The number of hydrazine groups is 1. The minimum atomic E-state index is 0.265. The van der Waals surface area contributed by atoms with Crippen LogP contribution in [0.3, 0.4) is 0 Å². The van der Waals surface area contributed by atoms with E-state index >= 15 is 0 Å². The fourth-order valence-electron chi connectivity index (χ4n) is 2.37. The number of rotatable bonds is 4. The molecule has 0 spiro atoms. The maximum atomic E-state index is 5.87. The highest BCUT2D eigenvalue weighted by atomic mass is 35.5. The standard InChI is InChI=1S/C13H19ClN2O/c1-9-6-11(8-17-9)13(16-15)7-10-2-4-12(14)5-3-10/h2-5,9,11,13,16H,6-8,15H2,1H3. The van der Waals surface area contributed by atoms with E-state index in [1.54, 1.807) is 0 Å². The Bertz CT molecular complexity index is 355. The van der Waals surface area contributed by atoms with Crippen molar-refractivity contribution < 1.29 is 4.74 Å². The highest BCUT2D eigenvalue weighted by molar-refractivity contribution is 6.30. The first-order chi connectivity index (χ1) is 8.19. The monoisotopic (exact) mass is 254 g/mol. The average Bonchev–Trinajstić information content (AvgIpc) is 2.75. The Morgan fingerprint density at radius 1 is 1.47 bits per heavy atom. The lowest BCUT2D eigenvalue weighted by Gasteiger charge is -2.21. The van der Waals surface area contributed by atoms with E-state index in [-0.39, 0.29) is 6.04 Å². The number of hydrogen-bond donors (Lipinski definition) is 2. The van der Waals surface area contributed by atoms with E-state index in [2.05, 4.69) is 12.3 Å². The Morgan fingerprint density at radius 3 is 2.71 bits per heavy atom. The van der Waals surface area contributed by atoms with Crippen molar-refractivity contribution in [2.45, 2.75) is 31.9 Å². The second-order valence-electron chi connectivity index (χ2n) is 4.74. The van der Waals surface area contributed by atoms with Crippen molar-refractivity contribution in [2.24, 2.45) is 11.8 Å². The number of ether oxygens (including phenoxy) is 1. The van der Waals surface area contributed by atoms with Crippen molar-refractivity contribution in [3.05, 3.63) is 34.9 Å². The summed E-state index contributed by atoms with van der Waals surface area (Å²) in [4.78, 5) is 0. The van der Waals surface area contributed by atoms with Gasteiger partial charge in [-0.15, -0.1) is 0 Å². The number of nitrogens with one attached hydrogen (secondary N) is 1. The molecule has 17 heavy (non-hydrogen) atoms. The van der Waals surface area contributed by atoms with Crippen LogP contribution in [0.2, 0.25) is 5.02 Å². The normalized spacial score (nSPS) is 26.1. The Balaban J connectivity index is 1.97. The lowest BCUT2D eigenvalue weighted by Crippen LogP contribution is -2.42. The quantitative estimate of drug-likeness (QED) is 0.639. The minimum Gasteiger partial charge on any atom is -0.378 e. The predicted molar refractivity (Wildman–Crippen MR) is 69.8 cm³/mol. The smallest absolute Gasteiger partial charge is 0.0551 e. The summed E-state index contributed by atoms with van der Waals surface area (Å²) in [6.07, 6.45) is 2.33. The molecule has 1 aromatic carbocycles. The van der Waals surface area contributed by atoms with Crippen LogP contribution >= 0.6 is 11.6 Å². The van der Waals surface area contributed by atoms with Crippen molar-refractivity contribution in [2.75, 3.05) is 6.61 Å². The van der Waals surface area contributed by atoms with Gasteiger partial charge in [0, 0.05) is 17.0 Å². The van der Waals surface area contributed by atoms with Gasteiger partial charge in [-0.25, -0.2) is 0 Å². The first-order valence-corrected chi connectivity index (χ1v) is 6.39. The number of hydrogen-bond acceptors (Lipinski definition) is 3. The van der Waals surface area contributed by atoms with Gasteiger partial charge in [-0.05, 0) is 37.5 Å². The van der Waals surface area contributed by atoms with Crippen LogP contribution < -0.4 is 11.3 Å². The fourth-order valence-corrected chi connectivity index (χ4v) is 2.49. The molecule has 3 N–H and O–H groups in total. The van der Waals surface area contributed by atoms with Crippen molar-refractivity contribution in [1.29, 1.82) is 0 Å². The van der Waals surface area contributed by atoms with Gasteiger partial charge >= 0.3 is 0 Å². The number of halogens is 1. The summed E-state index contributed by atoms with van der Waals surface area (Å²) in [5.41, 5.74) is 4.16. The number of nitrogens with two attached hydrogens (primary N) is 1. The summed E-state index contributed by atoms with van der Waals surface area (Å²) >= 11 is 5.87. The largest absolute Gasteiger partial charge is 0.378 e. The van der Waals surface area contributed by atoms with Gasteiger partial charge in [0.05, 0.1) is 12.7 Å². The van der Waals surface area contributed by atoms with Gasteiger partial charge in [-0.3, -0.25) is 11.3 Å². The van der Waals surface area contributed by atoms with Crippen molar-refractivity contribution >= 4 is 11.6 Å². The van der Waals surface area contributed by atoms with Gasteiger partial charge in [0.1, 0.15) is 0 Å². The molecule has 4 heteroatoms. The highest BCUT2D eigenvalue weighted by Gasteiger charge is 2.28. The first kappa shape index (κ1) is 12.8. The second-order valence-corrected chi connectivity index (χ2v) is 5.18. The van der Waals surface area contributed by atoms with Crippen LogP contribution in [0.1, 0.15) is 18.9 Å². The third-order valence-corrected chi connectivity index (χ3v) is 3.63. The van der Waals surface area contributed by atoms with E-state index in [0.29, 0.717) is 12.0 Å². The van der Waals surface area contributed by atoms with Crippen LogP contribution in [0.15, 0.2) is 24.3 Å². The highest BCUT2D eigenvalue weighted by Crippen LogP contribution is 2.24. The Labute approximate surface area is 107 Å². The topological polar surface area (TPSA) is 47.3 Å². The molecule has 2 rings (SSSR count). The zero-order valence-corrected chi connectivity index (χ0v) is 10.8. The molecule has 0 aliphatic carbocycles. The van der Waals surface area contributed by atoms with Crippen LogP contribution in [-0.4, -0.2) is 18.8 Å². The summed E-state index contributed by atoms with van der Waals surface area (Å²) in [5, 5.41) is 0.767. The van der Waals surface area contributed by atoms with Crippen LogP contribution in [0.4, 0.5) is 0 Å². The molecular weight excluding hydrogens is 236 g/mol. The molecular formula is C13H19ClN2O. The molecule has 1 aromatic rings. The summed E-state index contributed by atoms with van der Waals surface area (Å²) < 4.78 is 5.59. The van der Waals surface area contributed by atoms with E-state index in [4.69, 9.17) is 22.2 Å². The number of benzene rings is 1. The van der Waals surface area contributed by atoms with Crippen molar-refractivity contribution in [1.82, 2.24) is 5.43 Å². The molecule has 0 amide bonds. The van der Waals surface area contributed by atoms with Gasteiger partial charge in [-0.1, -0.05) is 23.7 Å². The average molecular weight is 255 g/mol. The summed E-state index contributed by atoms with van der Waals surface area (Å²) in [6.45, 7) is 2.90. The third-order valence-electron chi connectivity index (χ3n) is 3.38. The van der Waals surface area contributed by atoms with Crippen LogP contribution in [-0.2, 0) is 11.2 Å². The van der Waals surface area contributed by atoms with Crippen molar-refractivity contribution in [3.8, 4) is 0 Å². The molecule has 3 unspecified atom stereocenters. The molecule has 0 aromatic heterocycles. The minimum absolute atomic E-state index is 0.265. The maximum absolute atomic E-state index is 5.87. The molecule has 0 saturated carbocycles. The van der Waals surface area contributed by atoms with E-state index in [0.717, 1.165) is 24.5 Å². The maximum Gasteiger partial charge on any atom is 0.0551 e. The fraction of sp³-hybridized carbons (Fsp3) is 0.538. The van der Waals surface area contributed by atoms with Gasteiger partial charge in [0.2, 0.25) is 0 Å². The second kappa shape index (κ2) is 5.83. The summed E-state index contributed by atoms with van der Waals surface area (Å²) in [6, 6.07) is 8.19. The lowest BCUT2D eigenvalue weighted by atomic mass is 9.92. The molecule has 0 radical (unpaired) electrons. The molecule has 3 atom stereocenters. The van der Waals surface area contributed by atoms with E-state index in [1.807, 2.05) is 24.3 Å². The lowest BCUT2D eigenvalue weighted by molar-refractivity contribution is 0.117. The Morgan fingerprint density at radius 2 is 2.18 bits per heavy atom. The molecule has 1 aliphatic heterocycles. The predicted octanol–water partition coefficient (Wildman–Crippen LogP) is 2.14. The van der Waals surface area contributed by atoms with E-state index in [1.165, 1.54) is 5.56 Å². The van der Waals surface area contributed by atoms with Gasteiger partial charge < -0.3 is 4.74 Å². The molecule has 3 nitrogen and oxygen atoms in total. The zero-order chi connectivity index (χ0) is 12.3. The summed E-state index contributed by atoms with van der Waals surface area (Å²) in [5.74, 6) is 6.14. The van der Waals surface area contributed by atoms with Crippen LogP contribution in [0.25, 0.3) is 0 Å². The third kappa shape index (κ3) is 3.42. The molecule has 1 aliphatic rings. The van der Waals surface area contributed by atoms with Crippen LogP contribution in [0, 0.1) is 5.92 Å². The summed E-state index contributed by atoms with van der Waals surface area (Å²) in [7, 11) is 0. The van der Waals surface area contributed by atoms with Gasteiger partial charge in [0.25, 0.3) is 0 Å². The zero-order valence-electron chi connectivity index (χ0n) is 10.0. The Hall–Kier alpha value is -0.610. The van der Waals surface area contributed by atoms with Gasteiger partial charge in [-0.2, -0.15) is 0 Å². The molecule has 1 saturated heterocycles. The SMILES string of the molecule is CC1CC(C(Cc2ccc(Cl)cc2)NN)CO1. The van der Waals surface area contributed by atoms with Crippen molar-refractivity contribution in [3.63, 3.8) is 0 Å². The van der Waals surface area contributed by atoms with E-state index in [9.17, 15) is 0 Å². The molecule has 1 heterocycles. The first-order valence-electron chi connectivity index (χ1n) is 6.01. The van der Waals surface area contributed by atoms with Gasteiger partial charge in [0.15, 0.2) is 0 Å². The van der Waals surface area contributed by atoms with Crippen LogP contribution in [0.5, 0.6) is 0 Å². The van der Waals surface area contributed by atoms with E-state index < -0.39 is 0 Å².